The molecule has 0 unspecified atom stereocenters. The first kappa shape index (κ1) is 21.3. The molecule has 0 radical (unpaired) electrons. The van der Waals surface area contributed by atoms with Gasteiger partial charge < -0.3 is 0 Å². The topological polar surface area (TPSA) is 58.5 Å². The normalized spacial score (nSPS) is 22.4. The molecule has 0 bridgehead atoms. The molecule has 1 N–H and O–H groups in total. The third-order valence-corrected chi connectivity index (χ3v) is 7.25. The van der Waals surface area contributed by atoms with Crippen molar-refractivity contribution in [3.8, 4) is 0 Å². The number of hydrogen-bond donors (Lipinski definition) is 1. The van der Waals surface area contributed by atoms with E-state index in [1.165, 1.54) is 44.9 Å². The Labute approximate surface area is 163 Å². The Kier molecular flexibility index (Phi) is 8.99. The van der Waals surface area contributed by atoms with E-state index in [4.69, 9.17) is 0 Å². The number of sulfonamides is 1. The van der Waals surface area contributed by atoms with Gasteiger partial charge in [0.05, 0.1) is 10.6 Å². The van der Waals surface area contributed by atoms with Gasteiger partial charge in [-0.1, -0.05) is 62.6 Å². The predicted octanol–water partition coefficient (Wildman–Crippen LogP) is 5.28. The molecule has 0 spiro atoms. The molecule has 1 aromatic carbocycles. The maximum atomic E-state index is 12.5. The van der Waals surface area contributed by atoms with Gasteiger partial charge in [-0.3, -0.25) is 0 Å². The standard InChI is InChI=1S/C20H32N2O2S2/c1-17-13-15-18(16-14-17)26(23,24)22-21-19-11-9-7-5-3-4-6-8-10-12-20(19)25-2/h13-16,20,22H,3-12H2,1-2H3/b21-19+/t20-/m0/s1. The maximum Gasteiger partial charge on any atom is 0.276 e. The molecule has 1 aliphatic rings. The highest BCUT2D eigenvalue weighted by Crippen LogP contribution is 2.22. The second-order valence-corrected chi connectivity index (χ2v) is 9.80. The van der Waals surface area contributed by atoms with Gasteiger partial charge in [0.15, 0.2) is 0 Å². The van der Waals surface area contributed by atoms with Crippen LogP contribution in [0.5, 0.6) is 0 Å². The number of nitrogens with zero attached hydrogens (tertiary/aromatic N) is 1. The van der Waals surface area contributed by atoms with Gasteiger partial charge in [0.25, 0.3) is 10.0 Å². The first-order valence-electron chi connectivity index (χ1n) is 9.70. The molecule has 0 amide bonds. The summed E-state index contributed by atoms with van der Waals surface area (Å²) < 4.78 is 25.1. The molecule has 146 valence electrons. The molecule has 0 heterocycles. The van der Waals surface area contributed by atoms with Crippen molar-refractivity contribution in [2.75, 3.05) is 6.26 Å². The van der Waals surface area contributed by atoms with E-state index in [-0.39, 0.29) is 4.90 Å². The van der Waals surface area contributed by atoms with Crippen molar-refractivity contribution in [3.63, 3.8) is 0 Å². The molecular weight excluding hydrogens is 364 g/mol. The summed E-state index contributed by atoms with van der Waals surface area (Å²) in [5.41, 5.74) is 2.03. The zero-order valence-electron chi connectivity index (χ0n) is 16.0. The molecule has 1 atom stereocenters. The van der Waals surface area contributed by atoms with E-state index in [1.54, 1.807) is 23.9 Å². The van der Waals surface area contributed by atoms with Crippen molar-refractivity contribution in [2.45, 2.75) is 81.3 Å². The molecule has 26 heavy (non-hydrogen) atoms. The molecule has 0 saturated heterocycles. The minimum atomic E-state index is -3.61. The number of aryl methyl sites for hydroxylation is 1. The van der Waals surface area contributed by atoms with Crippen molar-refractivity contribution < 1.29 is 8.42 Å². The highest BCUT2D eigenvalue weighted by molar-refractivity contribution is 7.99. The van der Waals surface area contributed by atoms with Crippen LogP contribution < -0.4 is 4.83 Å². The predicted molar refractivity (Wildman–Crippen MR) is 112 cm³/mol. The second kappa shape index (κ2) is 11.0. The van der Waals surface area contributed by atoms with Gasteiger partial charge in [0, 0.05) is 5.25 Å². The maximum absolute atomic E-state index is 12.5. The van der Waals surface area contributed by atoms with Crippen molar-refractivity contribution in [3.05, 3.63) is 29.8 Å². The average Bonchev–Trinajstić information content (AvgIpc) is 2.61. The van der Waals surface area contributed by atoms with Crippen molar-refractivity contribution >= 4 is 27.5 Å². The largest absolute Gasteiger partial charge is 0.276 e. The van der Waals surface area contributed by atoms with Gasteiger partial charge in [0.2, 0.25) is 0 Å². The molecular formula is C20H32N2O2S2. The zero-order valence-corrected chi connectivity index (χ0v) is 17.7. The van der Waals surface area contributed by atoms with Gasteiger partial charge in [-0.15, -0.1) is 0 Å². The third-order valence-electron chi connectivity index (χ3n) is 4.95. The summed E-state index contributed by atoms with van der Waals surface area (Å²) in [7, 11) is -3.61. The van der Waals surface area contributed by atoms with Gasteiger partial charge in [-0.05, 0) is 44.6 Å². The SMILES string of the molecule is CS[C@H]1CCCCCCCCCC/C1=N\NS(=O)(=O)c1ccc(C)cc1. The van der Waals surface area contributed by atoms with Crippen LogP contribution in [0.3, 0.4) is 0 Å². The first-order chi connectivity index (χ1) is 12.5. The molecule has 1 saturated carbocycles. The lowest BCUT2D eigenvalue weighted by atomic mass is 9.99. The summed E-state index contributed by atoms with van der Waals surface area (Å²) in [6.07, 6.45) is 14.0. The molecule has 4 nitrogen and oxygen atoms in total. The van der Waals surface area contributed by atoms with E-state index >= 15 is 0 Å². The quantitative estimate of drug-likeness (QED) is 0.705. The highest BCUT2D eigenvalue weighted by atomic mass is 32.2. The van der Waals surface area contributed by atoms with Crippen LogP contribution in [0.1, 0.15) is 69.8 Å². The van der Waals surface area contributed by atoms with Crippen LogP contribution in [-0.4, -0.2) is 25.6 Å². The average molecular weight is 397 g/mol. The van der Waals surface area contributed by atoms with Crippen LogP contribution in [0.4, 0.5) is 0 Å². The molecule has 6 heteroatoms. The number of nitrogens with one attached hydrogen (secondary N) is 1. The van der Waals surface area contributed by atoms with Crippen LogP contribution >= 0.6 is 11.8 Å². The summed E-state index contributed by atoms with van der Waals surface area (Å²) in [6.45, 7) is 1.94. The van der Waals surface area contributed by atoms with Crippen LogP contribution in [0.25, 0.3) is 0 Å². The van der Waals surface area contributed by atoms with Crippen LogP contribution in [0.15, 0.2) is 34.3 Å². The van der Waals surface area contributed by atoms with Crippen molar-refractivity contribution in [2.24, 2.45) is 5.10 Å². The molecule has 1 aliphatic carbocycles. The van der Waals surface area contributed by atoms with Crippen LogP contribution in [-0.2, 0) is 10.0 Å². The van der Waals surface area contributed by atoms with E-state index in [2.05, 4.69) is 16.2 Å². The Morgan fingerprint density at radius 3 is 2.15 bits per heavy atom. The number of hydrogen-bond acceptors (Lipinski definition) is 4. The Balaban J connectivity index is 2.11. The lowest BCUT2D eigenvalue weighted by Gasteiger charge is -2.18. The summed E-state index contributed by atoms with van der Waals surface area (Å²) in [6, 6.07) is 6.88. The number of thioether (sulfide) groups is 1. The summed E-state index contributed by atoms with van der Waals surface area (Å²) in [5, 5.41) is 4.69. The zero-order chi connectivity index (χ0) is 18.8. The summed E-state index contributed by atoms with van der Waals surface area (Å²) in [4.78, 5) is 2.75. The lowest BCUT2D eigenvalue weighted by Crippen LogP contribution is -2.25. The second-order valence-electron chi connectivity index (χ2n) is 7.10. The van der Waals surface area contributed by atoms with Gasteiger partial charge >= 0.3 is 0 Å². The number of hydrazone groups is 1. The van der Waals surface area contributed by atoms with E-state index in [1.807, 2.05) is 19.1 Å². The van der Waals surface area contributed by atoms with Crippen molar-refractivity contribution in [1.82, 2.24) is 4.83 Å². The molecule has 0 aliphatic heterocycles. The van der Waals surface area contributed by atoms with Crippen LogP contribution in [0, 0.1) is 6.92 Å². The highest BCUT2D eigenvalue weighted by Gasteiger charge is 2.18. The fourth-order valence-corrected chi connectivity index (χ4v) is 4.98. The minimum Gasteiger partial charge on any atom is -0.200 e. The fraction of sp³-hybridized carbons (Fsp3) is 0.650. The third kappa shape index (κ3) is 6.95. The Hall–Kier alpha value is -1.01. The number of benzene rings is 1. The van der Waals surface area contributed by atoms with E-state index in [0.29, 0.717) is 5.25 Å². The smallest absolute Gasteiger partial charge is 0.200 e. The first-order valence-corrected chi connectivity index (χ1v) is 12.5. The van der Waals surface area contributed by atoms with Gasteiger partial charge in [-0.25, -0.2) is 4.83 Å². The van der Waals surface area contributed by atoms with E-state index in [9.17, 15) is 8.42 Å². The fourth-order valence-electron chi connectivity index (χ4n) is 3.29. The van der Waals surface area contributed by atoms with Gasteiger partial charge in [0.1, 0.15) is 0 Å². The van der Waals surface area contributed by atoms with Gasteiger partial charge in [-0.2, -0.15) is 25.3 Å². The Morgan fingerprint density at radius 1 is 0.962 bits per heavy atom. The molecule has 0 aromatic heterocycles. The minimum absolute atomic E-state index is 0.265. The lowest BCUT2D eigenvalue weighted by molar-refractivity contribution is 0.556. The van der Waals surface area contributed by atoms with Crippen molar-refractivity contribution in [1.29, 1.82) is 0 Å². The molecule has 2 rings (SSSR count). The molecule has 1 aromatic rings. The van der Waals surface area contributed by atoms with E-state index in [0.717, 1.165) is 30.5 Å². The Morgan fingerprint density at radius 2 is 1.54 bits per heavy atom. The van der Waals surface area contributed by atoms with E-state index < -0.39 is 10.0 Å². The van der Waals surface area contributed by atoms with Crippen LogP contribution in [0.2, 0.25) is 0 Å². The monoisotopic (exact) mass is 396 g/mol. The number of rotatable bonds is 4. The summed E-state index contributed by atoms with van der Waals surface area (Å²) in [5.74, 6) is 0. The summed E-state index contributed by atoms with van der Waals surface area (Å²) >= 11 is 1.79. The molecule has 1 fully saturated rings. The Bertz CT molecular complexity index is 670.